The van der Waals surface area contributed by atoms with Crippen LogP contribution in [0.5, 0.6) is 0 Å². The second kappa shape index (κ2) is 5.92. The van der Waals surface area contributed by atoms with Crippen LogP contribution in [0.4, 0.5) is 0 Å². The van der Waals surface area contributed by atoms with Gasteiger partial charge in [-0.25, -0.2) is 0 Å². The van der Waals surface area contributed by atoms with Gasteiger partial charge < -0.3 is 5.11 Å². The second-order valence-electron chi connectivity index (χ2n) is 6.98. The number of aliphatic hydroxyl groups is 1. The first-order valence-corrected chi connectivity index (χ1v) is 7.96. The van der Waals surface area contributed by atoms with Gasteiger partial charge in [0.05, 0.1) is 6.10 Å². The maximum Gasteiger partial charge on any atom is 0.0695 e. The molecule has 0 spiro atoms. The molecule has 1 saturated carbocycles. The number of hydrogen-bond donors (Lipinski definition) is 1. The van der Waals surface area contributed by atoms with Crippen LogP contribution >= 0.6 is 0 Å². The molecule has 2 fully saturated rings. The van der Waals surface area contributed by atoms with Gasteiger partial charge in [-0.15, -0.1) is 0 Å². The molecule has 2 rings (SSSR count). The molecule has 2 heteroatoms. The Morgan fingerprint density at radius 3 is 2.50 bits per heavy atom. The Morgan fingerprint density at radius 2 is 1.83 bits per heavy atom. The van der Waals surface area contributed by atoms with Gasteiger partial charge in [-0.3, -0.25) is 4.90 Å². The predicted octanol–water partition coefficient (Wildman–Crippen LogP) is 3.29. The third-order valence-electron chi connectivity index (χ3n) is 5.54. The van der Waals surface area contributed by atoms with Crippen molar-refractivity contribution in [3.63, 3.8) is 0 Å². The molecule has 1 aliphatic carbocycles. The Morgan fingerprint density at radius 1 is 1.11 bits per heavy atom. The van der Waals surface area contributed by atoms with Crippen LogP contribution < -0.4 is 0 Å². The zero-order valence-electron chi connectivity index (χ0n) is 12.6. The van der Waals surface area contributed by atoms with Gasteiger partial charge >= 0.3 is 0 Å². The van der Waals surface area contributed by atoms with Crippen molar-refractivity contribution in [2.24, 2.45) is 17.8 Å². The summed E-state index contributed by atoms with van der Waals surface area (Å²) in [4.78, 5) is 2.63. The molecule has 6 atom stereocenters. The van der Waals surface area contributed by atoms with Crippen LogP contribution in [0.1, 0.15) is 59.8 Å². The van der Waals surface area contributed by atoms with Crippen molar-refractivity contribution in [1.29, 1.82) is 0 Å². The zero-order chi connectivity index (χ0) is 13.3. The molecule has 106 valence electrons. The Balaban J connectivity index is 2.07. The fraction of sp³-hybridized carbons (Fsp3) is 1.00. The molecule has 0 aromatic heterocycles. The predicted molar refractivity (Wildman–Crippen MR) is 76.5 cm³/mol. The van der Waals surface area contributed by atoms with E-state index in [0.29, 0.717) is 12.1 Å². The van der Waals surface area contributed by atoms with Crippen LogP contribution in [-0.2, 0) is 0 Å². The number of nitrogens with zero attached hydrogens (tertiary/aromatic N) is 1. The van der Waals surface area contributed by atoms with Crippen molar-refractivity contribution in [3.8, 4) is 0 Å². The standard InChI is InChI=1S/C16H31NO/c1-5-14-6-7-16(18)15(9-14)17-10-11(2)8-12(3)13(17)4/h11-16,18H,5-10H2,1-4H3. The Bertz CT molecular complexity index is 268. The molecule has 2 aliphatic rings. The molecule has 0 amide bonds. The molecule has 6 unspecified atom stereocenters. The van der Waals surface area contributed by atoms with E-state index in [0.717, 1.165) is 24.2 Å². The molecule has 1 saturated heterocycles. The highest BCUT2D eigenvalue weighted by atomic mass is 16.3. The van der Waals surface area contributed by atoms with Gasteiger partial charge in [0.1, 0.15) is 0 Å². The normalized spacial score (nSPS) is 47.2. The molecule has 0 radical (unpaired) electrons. The highest BCUT2D eigenvalue weighted by molar-refractivity contribution is 4.92. The Hall–Kier alpha value is -0.0800. The first-order chi connectivity index (χ1) is 8.52. The fourth-order valence-corrected chi connectivity index (χ4v) is 4.14. The minimum absolute atomic E-state index is 0.0900. The van der Waals surface area contributed by atoms with Gasteiger partial charge in [-0.05, 0) is 50.4 Å². The maximum atomic E-state index is 10.4. The molecule has 18 heavy (non-hydrogen) atoms. The van der Waals surface area contributed by atoms with Gasteiger partial charge in [0, 0.05) is 18.6 Å². The summed E-state index contributed by atoms with van der Waals surface area (Å²) in [5.74, 6) is 2.38. The van der Waals surface area contributed by atoms with E-state index in [-0.39, 0.29) is 6.10 Å². The quantitative estimate of drug-likeness (QED) is 0.816. The summed E-state index contributed by atoms with van der Waals surface area (Å²) < 4.78 is 0. The second-order valence-corrected chi connectivity index (χ2v) is 6.98. The summed E-state index contributed by atoms with van der Waals surface area (Å²) in [5.41, 5.74) is 0. The molecule has 2 nitrogen and oxygen atoms in total. The first-order valence-electron chi connectivity index (χ1n) is 7.96. The average Bonchev–Trinajstić information content (AvgIpc) is 2.34. The van der Waals surface area contributed by atoms with Crippen molar-refractivity contribution in [2.45, 2.75) is 78.0 Å². The molecule has 1 N–H and O–H groups in total. The lowest BCUT2D eigenvalue weighted by Crippen LogP contribution is -2.56. The molecule has 0 aromatic rings. The van der Waals surface area contributed by atoms with Crippen LogP contribution in [0, 0.1) is 17.8 Å². The first kappa shape index (κ1) is 14.3. The van der Waals surface area contributed by atoms with Crippen molar-refractivity contribution in [3.05, 3.63) is 0 Å². The number of rotatable bonds is 2. The van der Waals surface area contributed by atoms with Crippen molar-refractivity contribution < 1.29 is 5.11 Å². The smallest absolute Gasteiger partial charge is 0.0695 e. The summed E-state index contributed by atoms with van der Waals surface area (Å²) in [6.45, 7) is 10.6. The molecular weight excluding hydrogens is 222 g/mol. The maximum absolute atomic E-state index is 10.4. The topological polar surface area (TPSA) is 23.5 Å². The number of likely N-dealkylation sites (tertiary alicyclic amines) is 1. The van der Waals surface area contributed by atoms with Gasteiger partial charge in [0.15, 0.2) is 0 Å². The van der Waals surface area contributed by atoms with E-state index in [1.165, 1.54) is 32.2 Å². The van der Waals surface area contributed by atoms with E-state index in [2.05, 4.69) is 32.6 Å². The Kier molecular flexibility index (Phi) is 4.71. The average molecular weight is 253 g/mol. The summed E-state index contributed by atoms with van der Waals surface area (Å²) in [6, 6.07) is 1.06. The van der Waals surface area contributed by atoms with E-state index >= 15 is 0 Å². The zero-order valence-corrected chi connectivity index (χ0v) is 12.6. The summed E-state index contributed by atoms with van der Waals surface area (Å²) >= 11 is 0. The molecule has 0 bridgehead atoms. The summed E-state index contributed by atoms with van der Waals surface area (Å²) in [6.07, 6.45) is 5.97. The third-order valence-corrected chi connectivity index (χ3v) is 5.54. The largest absolute Gasteiger partial charge is 0.391 e. The highest BCUT2D eigenvalue weighted by Crippen LogP contribution is 2.36. The van der Waals surface area contributed by atoms with Crippen LogP contribution in [0.25, 0.3) is 0 Å². The van der Waals surface area contributed by atoms with Crippen LogP contribution in [-0.4, -0.2) is 34.7 Å². The monoisotopic (exact) mass is 253 g/mol. The van der Waals surface area contributed by atoms with Crippen molar-refractivity contribution in [1.82, 2.24) is 4.90 Å². The minimum atomic E-state index is -0.0900. The van der Waals surface area contributed by atoms with Crippen LogP contribution in [0.3, 0.4) is 0 Å². The lowest BCUT2D eigenvalue weighted by atomic mass is 9.78. The third kappa shape index (κ3) is 2.91. The van der Waals surface area contributed by atoms with Gasteiger partial charge in [-0.1, -0.05) is 27.2 Å². The lowest BCUT2D eigenvalue weighted by molar-refractivity contribution is -0.0485. The van der Waals surface area contributed by atoms with Crippen molar-refractivity contribution >= 4 is 0 Å². The fourth-order valence-electron chi connectivity index (χ4n) is 4.14. The number of hydrogen-bond acceptors (Lipinski definition) is 2. The number of piperidine rings is 1. The van der Waals surface area contributed by atoms with E-state index < -0.39 is 0 Å². The number of aliphatic hydroxyl groups excluding tert-OH is 1. The van der Waals surface area contributed by atoms with Crippen molar-refractivity contribution in [2.75, 3.05) is 6.54 Å². The minimum Gasteiger partial charge on any atom is -0.391 e. The van der Waals surface area contributed by atoms with Gasteiger partial charge in [-0.2, -0.15) is 0 Å². The van der Waals surface area contributed by atoms with Crippen LogP contribution in [0.2, 0.25) is 0 Å². The molecular formula is C16H31NO. The van der Waals surface area contributed by atoms with Gasteiger partial charge in [0.25, 0.3) is 0 Å². The van der Waals surface area contributed by atoms with Crippen LogP contribution in [0.15, 0.2) is 0 Å². The van der Waals surface area contributed by atoms with E-state index in [1.54, 1.807) is 0 Å². The molecule has 1 heterocycles. The summed E-state index contributed by atoms with van der Waals surface area (Å²) in [7, 11) is 0. The highest BCUT2D eigenvalue weighted by Gasteiger charge is 2.39. The summed E-state index contributed by atoms with van der Waals surface area (Å²) in [5, 5.41) is 10.4. The lowest BCUT2D eigenvalue weighted by Gasteiger charge is -2.49. The Labute approximate surface area is 113 Å². The van der Waals surface area contributed by atoms with E-state index in [4.69, 9.17) is 0 Å². The molecule has 0 aromatic carbocycles. The van der Waals surface area contributed by atoms with E-state index in [9.17, 15) is 5.11 Å². The van der Waals surface area contributed by atoms with E-state index in [1.807, 2.05) is 0 Å². The SMILES string of the molecule is CCC1CCC(O)C(N2CC(C)CC(C)C2C)C1. The molecule has 1 aliphatic heterocycles. The van der Waals surface area contributed by atoms with Gasteiger partial charge in [0.2, 0.25) is 0 Å².